The average Bonchev–Trinajstić information content (AvgIpc) is 3.27. The summed E-state index contributed by atoms with van der Waals surface area (Å²) < 4.78 is 27.2. The normalized spacial score (nSPS) is 12.4. The third-order valence-electron chi connectivity index (χ3n) is 13.4. The highest BCUT2D eigenvalue weighted by atomic mass is 31.2. The van der Waals surface area contributed by atoms with Crippen LogP contribution in [0.15, 0.2) is 0 Å². The first-order chi connectivity index (χ1) is 31.4. The zero-order valence-electron chi connectivity index (χ0n) is 43.2. The van der Waals surface area contributed by atoms with Gasteiger partial charge in [0.2, 0.25) is 0 Å². The van der Waals surface area contributed by atoms with Crippen LogP contribution in [-0.4, -0.2) is 41.7 Å². The van der Waals surface area contributed by atoms with E-state index in [1.807, 2.05) is 0 Å². The van der Waals surface area contributed by atoms with Crippen molar-refractivity contribution < 1.29 is 33.1 Å². The Hall–Kier alpha value is -0.460. The van der Waals surface area contributed by atoms with Crippen LogP contribution in [-0.2, 0) is 23.4 Å². The van der Waals surface area contributed by atoms with E-state index in [0.29, 0.717) is 13.0 Å². The monoisotopic (exact) mass is 929 g/mol. The first-order valence-corrected chi connectivity index (χ1v) is 30.4. The molecule has 0 saturated heterocycles. The van der Waals surface area contributed by atoms with E-state index in [2.05, 4.69) is 18.4 Å². The number of phosphoric ester groups is 1. The number of carbonyl (C=O) groups is 1. The maximum Gasteiger partial charge on any atom is 0.469 e. The number of carbonyl (C=O) groups excluding carboxylic acids is 1. The van der Waals surface area contributed by atoms with Crippen LogP contribution < -0.4 is 0 Å². The van der Waals surface area contributed by atoms with Crippen molar-refractivity contribution in [1.82, 2.24) is 0 Å². The average molecular weight is 929 g/mol. The quantitative estimate of drug-likeness (QED) is 0.0356. The second-order valence-corrected chi connectivity index (χ2v) is 21.2. The van der Waals surface area contributed by atoms with Gasteiger partial charge in [0.1, 0.15) is 6.10 Å². The maximum atomic E-state index is 12.5. The number of hydrogen-bond donors (Lipinski definition) is 2. The third-order valence-corrected chi connectivity index (χ3v) is 13.9. The van der Waals surface area contributed by atoms with Crippen molar-refractivity contribution in [2.24, 2.45) is 0 Å². The fourth-order valence-corrected chi connectivity index (χ4v) is 9.51. The van der Waals surface area contributed by atoms with E-state index in [-0.39, 0.29) is 19.2 Å². The van der Waals surface area contributed by atoms with E-state index >= 15 is 0 Å². The van der Waals surface area contributed by atoms with Crippen LogP contribution in [0, 0.1) is 0 Å². The molecule has 64 heavy (non-hydrogen) atoms. The molecule has 8 heteroatoms. The van der Waals surface area contributed by atoms with Crippen LogP contribution in [0.3, 0.4) is 0 Å². The molecule has 384 valence electrons. The summed E-state index contributed by atoms with van der Waals surface area (Å²) in [6, 6.07) is 0. The molecule has 0 aromatic carbocycles. The molecule has 0 saturated carbocycles. The molecule has 0 fully saturated rings. The van der Waals surface area contributed by atoms with E-state index in [9.17, 15) is 19.1 Å². The first-order valence-electron chi connectivity index (χ1n) is 28.9. The summed E-state index contributed by atoms with van der Waals surface area (Å²) in [7, 11) is -4.66. The summed E-state index contributed by atoms with van der Waals surface area (Å²) in [5.74, 6) is -0.350. The van der Waals surface area contributed by atoms with Crippen molar-refractivity contribution in [2.45, 2.75) is 335 Å². The SMILES string of the molecule is CCCCCCCCCCCCCCCCCCCCCCCCCCCCCCC(=O)O[C@H](COCCCCCCCCCCCCCCCCCCCCCC)COP(=O)(O)O. The van der Waals surface area contributed by atoms with Crippen LogP contribution in [0.25, 0.3) is 0 Å². The number of esters is 1. The smallest absolute Gasteiger partial charge is 0.457 e. The molecule has 7 nitrogen and oxygen atoms in total. The highest BCUT2D eigenvalue weighted by Gasteiger charge is 2.21. The second-order valence-electron chi connectivity index (χ2n) is 20.0. The van der Waals surface area contributed by atoms with Crippen molar-refractivity contribution in [3.05, 3.63) is 0 Å². The van der Waals surface area contributed by atoms with Crippen LogP contribution >= 0.6 is 7.82 Å². The molecular weight excluding hydrogens is 816 g/mol. The largest absolute Gasteiger partial charge is 0.469 e. The van der Waals surface area contributed by atoms with Gasteiger partial charge in [0.05, 0.1) is 13.2 Å². The zero-order valence-corrected chi connectivity index (χ0v) is 44.1. The lowest BCUT2D eigenvalue weighted by atomic mass is 10.0. The Balaban J connectivity index is 3.59. The summed E-state index contributed by atoms with van der Waals surface area (Å²) in [6.45, 7) is 4.85. The van der Waals surface area contributed by atoms with Crippen LogP contribution in [0.5, 0.6) is 0 Å². The molecule has 1 atom stereocenters. The van der Waals surface area contributed by atoms with Crippen LogP contribution in [0.4, 0.5) is 0 Å². The highest BCUT2D eigenvalue weighted by Crippen LogP contribution is 2.36. The van der Waals surface area contributed by atoms with Crippen molar-refractivity contribution in [3.63, 3.8) is 0 Å². The predicted octanol–water partition coefficient (Wildman–Crippen LogP) is 19.2. The molecule has 2 N–H and O–H groups in total. The summed E-state index contributed by atoms with van der Waals surface area (Å²) >= 11 is 0. The van der Waals surface area contributed by atoms with Gasteiger partial charge in [0.25, 0.3) is 0 Å². The Morgan fingerprint density at radius 1 is 0.359 bits per heavy atom. The minimum absolute atomic E-state index is 0.0877. The Labute approximate surface area is 399 Å². The summed E-state index contributed by atoms with van der Waals surface area (Å²) in [4.78, 5) is 30.9. The van der Waals surface area contributed by atoms with Gasteiger partial charge < -0.3 is 19.3 Å². The van der Waals surface area contributed by atoms with E-state index in [1.54, 1.807) is 0 Å². The lowest BCUT2D eigenvalue weighted by Gasteiger charge is -2.18. The van der Waals surface area contributed by atoms with Gasteiger partial charge in [-0.05, 0) is 12.8 Å². The molecule has 0 aliphatic rings. The Kier molecular flexibility index (Phi) is 53.1. The summed E-state index contributed by atoms with van der Waals surface area (Å²) in [6.07, 6.45) is 64.4. The van der Waals surface area contributed by atoms with Gasteiger partial charge in [-0.2, -0.15) is 0 Å². The summed E-state index contributed by atoms with van der Waals surface area (Å²) in [5, 5.41) is 0. The van der Waals surface area contributed by atoms with Crippen molar-refractivity contribution in [3.8, 4) is 0 Å². The first kappa shape index (κ1) is 63.5. The Morgan fingerprint density at radius 3 is 0.844 bits per heavy atom. The van der Waals surface area contributed by atoms with Gasteiger partial charge in [-0.25, -0.2) is 4.57 Å². The van der Waals surface area contributed by atoms with E-state index in [0.717, 1.165) is 32.1 Å². The van der Waals surface area contributed by atoms with E-state index < -0.39 is 13.9 Å². The topological polar surface area (TPSA) is 102 Å². The minimum atomic E-state index is -4.66. The summed E-state index contributed by atoms with van der Waals surface area (Å²) in [5.41, 5.74) is 0. The van der Waals surface area contributed by atoms with Gasteiger partial charge in [-0.15, -0.1) is 0 Å². The predicted molar refractivity (Wildman–Crippen MR) is 276 cm³/mol. The molecule has 0 aliphatic heterocycles. The Morgan fingerprint density at radius 2 is 0.594 bits per heavy atom. The molecule has 0 aromatic heterocycles. The Bertz CT molecular complexity index is 942. The van der Waals surface area contributed by atoms with Crippen molar-refractivity contribution in [2.75, 3.05) is 19.8 Å². The van der Waals surface area contributed by atoms with Crippen molar-refractivity contribution >= 4 is 13.8 Å². The van der Waals surface area contributed by atoms with E-state index in [1.165, 1.54) is 276 Å². The van der Waals surface area contributed by atoms with Gasteiger partial charge in [0, 0.05) is 13.0 Å². The van der Waals surface area contributed by atoms with Crippen LogP contribution in [0.2, 0.25) is 0 Å². The zero-order chi connectivity index (χ0) is 46.5. The minimum Gasteiger partial charge on any atom is -0.457 e. The van der Waals surface area contributed by atoms with Crippen molar-refractivity contribution in [1.29, 1.82) is 0 Å². The number of rotatable bonds is 56. The molecule has 0 spiro atoms. The highest BCUT2D eigenvalue weighted by molar-refractivity contribution is 7.46. The standard InChI is InChI=1S/C56H113O7P/c1-3-5-7-9-11-13-15-17-19-21-23-25-26-27-28-29-30-31-32-33-35-37-39-41-43-45-47-49-51-56(57)63-55(54-62-64(58,59)60)53-61-52-50-48-46-44-42-40-38-36-34-24-22-20-18-16-14-12-10-8-6-4-2/h55H,3-54H2,1-2H3,(H2,58,59,60)/t55-/m1/s1. The molecule has 0 aromatic rings. The lowest BCUT2D eigenvalue weighted by molar-refractivity contribution is -0.154. The second kappa shape index (κ2) is 53.5. The molecule has 0 aliphatic carbocycles. The fraction of sp³-hybridized carbons (Fsp3) is 0.982. The number of phosphoric acid groups is 1. The van der Waals surface area contributed by atoms with Gasteiger partial charge >= 0.3 is 13.8 Å². The molecule has 0 radical (unpaired) electrons. The third kappa shape index (κ3) is 55.9. The molecular formula is C56H113O7P. The van der Waals surface area contributed by atoms with E-state index in [4.69, 9.17) is 9.47 Å². The van der Waals surface area contributed by atoms with Gasteiger partial charge in [-0.1, -0.05) is 309 Å². The molecule has 0 rings (SSSR count). The number of hydrogen-bond acceptors (Lipinski definition) is 5. The van der Waals surface area contributed by atoms with Crippen LogP contribution in [0.1, 0.15) is 328 Å². The fourth-order valence-electron chi connectivity index (χ4n) is 9.15. The number of unbranched alkanes of at least 4 members (excludes halogenated alkanes) is 46. The molecule has 0 amide bonds. The van der Waals surface area contributed by atoms with Gasteiger partial charge in [-0.3, -0.25) is 9.32 Å². The molecule has 0 heterocycles. The molecule has 0 unspecified atom stereocenters. The van der Waals surface area contributed by atoms with Gasteiger partial charge in [0.15, 0.2) is 0 Å². The maximum absolute atomic E-state index is 12.5. The lowest BCUT2D eigenvalue weighted by Crippen LogP contribution is -2.28. The number of ether oxygens (including phenoxy) is 2. The molecule has 0 bridgehead atoms.